The number of morpholine rings is 1. The van der Waals surface area contributed by atoms with Gasteiger partial charge in [-0.2, -0.15) is 0 Å². The third-order valence-corrected chi connectivity index (χ3v) is 5.15. The molecule has 2 aromatic rings. The van der Waals surface area contributed by atoms with Gasteiger partial charge in [0.25, 0.3) is 5.91 Å². The van der Waals surface area contributed by atoms with E-state index in [1.807, 2.05) is 0 Å². The highest BCUT2D eigenvalue weighted by Crippen LogP contribution is 2.35. The van der Waals surface area contributed by atoms with Crippen molar-refractivity contribution in [2.45, 2.75) is 6.10 Å². The number of carbonyl (C=O) groups excluding carboxylic acids is 3. The first-order valence-electron chi connectivity index (χ1n) is 9.92. The number of benzene rings is 2. The van der Waals surface area contributed by atoms with Gasteiger partial charge in [0.1, 0.15) is 24.7 Å². The van der Waals surface area contributed by atoms with Gasteiger partial charge >= 0.3 is 6.09 Å². The molecule has 2 saturated heterocycles. The van der Waals surface area contributed by atoms with Crippen molar-refractivity contribution in [2.75, 3.05) is 49.8 Å². The maximum absolute atomic E-state index is 12.0. The lowest BCUT2D eigenvalue weighted by Crippen LogP contribution is -2.41. The van der Waals surface area contributed by atoms with E-state index in [2.05, 4.69) is 0 Å². The van der Waals surface area contributed by atoms with Crippen molar-refractivity contribution in [1.82, 2.24) is 0 Å². The van der Waals surface area contributed by atoms with E-state index in [1.165, 1.54) is 12.0 Å². The van der Waals surface area contributed by atoms with Crippen LogP contribution in [0.4, 0.5) is 16.2 Å². The molecule has 2 aliphatic rings. The minimum atomic E-state index is -0.450. The third kappa shape index (κ3) is 5.56. The summed E-state index contributed by atoms with van der Waals surface area (Å²) in [5.74, 6) is 0.395. The summed E-state index contributed by atoms with van der Waals surface area (Å²) in [5.41, 5.74) is 7.51. The van der Waals surface area contributed by atoms with Gasteiger partial charge in [-0.25, -0.2) is 4.79 Å². The highest BCUT2D eigenvalue weighted by atomic mass is 35.5. The minimum Gasteiger partial charge on any atom is -0.494 e. The van der Waals surface area contributed by atoms with Crippen LogP contribution in [-0.4, -0.2) is 64.3 Å². The van der Waals surface area contributed by atoms with Crippen LogP contribution < -0.4 is 20.3 Å². The summed E-state index contributed by atoms with van der Waals surface area (Å²) in [6.07, 6.45) is 0.0118. The molecule has 2 aliphatic heterocycles. The van der Waals surface area contributed by atoms with Gasteiger partial charge in [0.05, 0.1) is 25.9 Å². The van der Waals surface area contributed by atoms with E-state index < -0.39 is 6.09 Å². The molecule has 0 radical (unpaired) electrons. The maximum Gasteiger partial charge on any atom is 0.414 e. The molecule has 0 saturated carbocycles. The van der Waals surface area contributed by atoms with Crippen molar-refractivity contribution in [2.24, 2.45) is 5.73 Å². The SMILES string of the molecule is COc1cc(N2CCOCC2=O)ccc1N1CC(CN)OC1=O.O=Cc1ccc(Cl)cc1. The lowest BCUT2D eigenvalue weighted by molar-refractivity contribution is -0.125. The normalized spacial score (nSPS) is 18.0. The Labute approximate surface area is 190 Å². The van der Waals surface area contributed by atoms with E-state index in [1.54, 1.807) is 47.4 Å². The lowest BCUT2D eigenvalue weighted by atomic mass is 10.2. The van der Waals surface area contributed by atoms with Crippen molar-refractivity contribution in [1.29, 1.82) is 0 Å². The minimum absolute atomic E-state index is 0.0701. The van der Waals surface area contributed by atoms with Crippen LogP contribution in [-0.2, 0) is 14.3 Å². The molecule has 0 aromatic heterocycles. The monoisotopic (exact) mass is 461 g/mol. The Kier molecular flexibility index (Phi) is 8.04. The number of ether oxygens (including phenoxy) is 3. The molecule has 32 heavy (non-hydrogen) atoms. The number of methoxy groups -OCH3 is 1. The molecule has 1 atom stereocenters. The average Bonchev–Trinajstić information content (AvgIpc) is 3.20. The van der Waals surface area contributed by atoms with E-state index in [9.17, 15) is 14.4 Å². The molecule has 2 N–H and O–H groups in total. The second-order valence-electron chi connectivity index (χ2n) is 6.98. The predicted octanol–water partition coefficient (Wildman–Crippen LogP) is 2.49. The van der Waals surface area contributed by atoms with Gasteiger partial charge in [-0.05, 0) is 24.3 Å². The first-order chi connectivity index (χ1) is 15.5. The summed E-state index contributed by atoms with van der Waals surface area (Å²) in [5, 5.41) is 0.653. The van der Waals surface area contributed by atoms with Crippen molar-refractivity contribution in [3.8, 4) is 5.75 Å². The van der Waals surface area contributed by atoms with Crippen LogP contribution in [0.2, 0.25) is 5.02 Å². The fourth-order valence-electron chi connectivity index (χ4n) is 3.23. The summed E-state index contributed by atoms with van der Waals surface area (Å²) in [4.78, 5) is 37.1. The molecule has 0 bridgehead atoms. The molecule has 4 rings (SSSR count). The number of rotatable bonds is 5. The predicted molar refractivity (Wildman–Crippen MR) is 120 cm³/mol. The molecule has 2 aromatic carbocycles. The Bertz CT molecular complexity index is 969. The summed E-state index contributed by atoms with van der Waals surface area (Å²) in [6, 6.07) is 12.0. The van der Waals surface area contributed by atoms with Crippen LogP contribution in [0.15, 0.2) is 42.5 Å². The van der Waals surface area contributed by atoms with E-state index in [4.69, 9.17) is 31.5 Å². The van der Waals surface area contributed by atoms with E-state index in [0.717, 1.165) is 6.29 Å². The quantitative estimate of drug-likeness (QED) is 0.681. The van der Waals surface area contributed by atoms with Crippen molar-refractivity contribution >= 4 is 41.3 Å². The molecular formula is C22H24ClN3O6. The van der Waals surface area contributed by atoms with Crippen LogP contribution in [0.3, 0.4) is 0 Å². The summed E-state index contributed by atoms with van der Waals surface area (Å²) >= 11 is 5.55. The Balaban J connectivity index is 0.000000269. The smallest absolute Gasteiger partial charge is 0.414 e. The third-order valence-electron chi connectivity index (χ3n) is 4.89. The molecule has 1 unspecified atom stereocenters. The number of carbonyl (C=O) groups is 3. The largest absolute Gasteiger partial charge is 0.494 e. The zero-order chi connectivity index (χ0) is 23.1. The average molecular weight is 462 g/mol. The van der Waals surface area contributed by atoms with Crippen molar-refractivity contribution < 1.29 is 28.6 Å². The topological polar surface area (TPSA) is 111 Å². The number of nitrogens with zero attached hydrogens (tertiary/aromatic N) is 2. The molecule has 170 valence electrons. The number of hydrogen-bond donors (Lipinski definition) is 1. The number of cyclic esters (lactones) is 1. The number of nitrogens with two attached hydrogens (primary N) is 1. The molecule has 0 aliphatic carbocycles. The highest BCUT2D eigenvalue weighted by Gasteiger charge is 2.33. The summed E-state index contributed by atoms with van der Waals surface area (Å²) < 4.78 is 15.7. The Morgan fingerprint density at radius 1 is 1.19 bits per heavy atom. The van der Waals surface area contributed by atoms with Gasteiger partial charge < -0.3 is 24.8 Å². The van der Waals surface area contributed by atoms with Crippen LogP contribution in [0.5, 0.6) is 5.75 Å². The van der Waals surface area contributed by atoms with Gasteiger partial charge in [0, 0.05) is 35.4 Å². The van der Waals surface area contributed by atoms with Crippen molar-refractivity contribution in [3.05, 3.63) is 53.1 Å². The molecular weight excluding hydrogens is 438 g/mol. The summed E-state index contributed by atoms with van der Waals surface area (Å²) in [7, 11) is 1.52. The Hall–Kier alpha value is -3.14. The number of amides is 2. The zero-order valence-electron chi connectivity index (χ0n) is 17.5. The van der Waals surface area contributed by atoms with Gasteiger partial charge in [-0.1, -0.05) is 23.7 Å². The highest BCUT2D eigenvalue weighted by molar-refractivity contribution is 6.30. The maximum atomic E-state index is 12.0. The first-order valence-corrected chi connectivity index (χ1v) is 10.3. The van der Waals surface area contributed by atoms with Gasteiger partial charge in [0.2, 0.25) is 0 Å². The van der Waals surface area contributed by atoms with E-state index >= 15 is 0 Å². The van der Waals surface area contributed by atoms with Crippen LogP contribution >= 0.6 is 11.6 Å². The van der Waals surface area contributed by atoms with Gasteiger partial charge in [0.15, 0.2) is 0 Å². The molecule has 0 spiro atoms. The molecule has 2 heterocycles. The van der Waals surface area contributed by atoms with Crippen LogP contribution in [0.1, 0.15) is 10.4 Å². The van der Waals surface area contributed by atoms with E-state index in [0.29, 0.717) is 47.4 Å². The molecule has 2 fully saturated rings. The molecule has 2 amide bonds. The number of aldehydes is 1. The van der Waals surface area contributed by atoms with E-state index in [-0.39, 0.29) is 25.2 Å². The fourth-order valence-corrected chi connectivity index (χ4v) is 3.36. The molecule has 9 nitrogen and oxygen atoms in total. The fraction of sp³-hybridized carbons (Fsp3) is 0.318. The summed E-state index contributed by atoms with van der Waals surface area (Å²) in [6.45, 7) is 1.70. The number of halogens is 1. The van der Waals surface area contributed by atoms with Crippen LogP contribution in [0, 0.1) is 0 Å². The Morgan fingerprint density at radius 3 is 2.53 bits per heavy atom. The number of anilines is 2. The van der Waals surface area contributed by atoms with Crippen molar-refractivity contribution in [3.63, 3.8) is 0 Å². The standard InChI is InChI=1S/C15H19N3O5.C7H5ClO/c1-21-13-6-10(17-4-5-22-9-14(17)19)2-3-12(13)18-8-11(7-16)23-15(18)20;8-7-3-1-6(5-9)2-4-7/h2-3,6,11H,4-5,7-9,16H2,1H3;1-5H. The first kappa shape index (κ1) is 23.5. The van der Waals surface area contributed by atoms with Gasteiger partial charge in [-0.3, -0.25) is 14.5 Å². The second kappa shape index (κ2) is 10.9. The van der Waals surface area contributed by atoms with Gasteiger partial charge in [-0.15, -0.1) is 0 Å². The Morgan fingerprint density at radius 2 is 1.94 bits per heavy atom. The zero-order valence-corrected chi connectivity index (χ0v) is 18.3. The lowest BCUT2D eigenvalue weighted by Gasteiger charge is -2.28. The number of hydrogen-bond acceptors (Lipinski definition) is 7. The second-order valence-corrected chi connectivity index (χ2v) is 7.41. The molecule has 10 heteroatoms. The van der Waals surface area contributed by atoms with Crippen LogP contribution in [0.25, 0.3) is 0 Å².